The molecule has 0 saturated heterocycles. The molecule has 0 bridgehead atoms. The normalized spacial score (nSPS) is 11.4. The van der Waals surface area contributed by atoms with Crippen LogP contribution in [-0.2, 0) is 6.42 Å². The Kier molecular flexibility index (Phi) is 3.40. The summed E-state index contributed by atoms with van der Waals surface area (Å²) in [5.41, 5.74) is 2.04. The van der Waals surface area contributed by atoms with Crippen molar-refractivity contribution in [1.82, 2.24) is 0 Å². The van der Waals surface area contributed by atoms with Crippen molar-refractivity contribution in [1.29, 1.82) is 0 Å². The Bertz CT molecular complexity index is 521. The maximum Gasteiger partial charge on any atom is 0.124 e. The summed E-state index contributed by atoms with van der Waals surface area (Å²) in [6.07, 6.45) is 0.481. The summed E-state index contributed by atoms with van der Waals surface area (Å²) in [5.74, 6) is 0.122. The Morgan fingerprint density at radius 2 is 1.59 bits per heavy atom. The van der Waals surface area contributed by atoms with Gasteiger partial charge in [-0.15, -0.1) is 0 Å². The van der Waals surface area contributed by atoms with Crippen molar-refractivity contribution < 1.29 is 10.3 Å². The summed E-state index contributed by atoms with van der Waals surface area (Å²) >= 11 is 0. The molecule has 86 valence electrons. The van der Waals surface area contributed by atoms with Crippen LogP contribution in [0.25, 0.3) is 0 Å². The number of rotatable bonds is 3. The van der Waals surface area contributed by atoms with Crippen LogP contribution in [0.3, 0.4) is 0 Å². The predicted molar refractivity (Wildman–Crippen MR) is 66.6 cm³/mol. The molecule has 0 fully saturated rings. The highest BCUT2D eigenvalue weighted by atomic mass is 16.4. The predicted octanol–water partition coefficient (Wildman–Crippen LogP) is 2.81. The highest BCUT2D eigenvalue weighted by Gasteiger charge is 2.09. The molecule has 0 atom stereocenters. The quantitative estimate of drug-likeness (QED) is 0.481. The van der Waals surface area contributed by atoms with Crippen molar-refractivity contribution >= 4 is 5.71 Å². The zero-order valence-electron chi connectivity index (χ0n) is 9.24. The van der Waals surface area contributed by atoms with Gasteiger partial charge in [0.15, 0.2) is 0 Å². The molecule has 2 aromatic rings. The minimum atomic E-state index is 0.122. The van der Waals surface area contributed by atoms with E-state index in [0.717, 1.165) is 5.56 Å². The van der Waals surface area contributed by atoms with E-state index >= 15 is 0 Å². The number of nitrogens with zero attached hydrogens (tertiary/aromatic N) is 1. The second-order valence-electron chi connectivity index (χ2n) is 3.73. The van der Waals surface area contributed by atoms with Crippen LogP contribution in [0.5, 0.6) is 5.75 Å². The summed E-state index contributed by atoms with van der Waals surface area (Å²) in [7, 11) is 0. The first-order valence-electron chi connectivity index (χ1n) is 5.34. The molecule has 0 aliphatic heterocycles. The van der Waals surface area contributed by atoms with Crippen LogP contribution >= 0.6 is 0 Å². The van der Waals surface area contributed by atoms with Gasteiger partial charge in [-0.2, -0.15) is 0 Å². The Balaban J connectivity index is 2.28. The van der Waals surface area contributed by atoms with E-state index in [1.165, 1.54) is 0 Å². The minimum Gasteiger partial charge on any atom is -0.507 e. The van der Waals surface area contributed by atoms with Crippen LogP contribution in [0.15, 0.2) is 59.8 Å². The van der Waals surface area contributed by atoms with Crippen molar-refractivity contribution in [3.05, 3.63) is 65.7 Å². The van der Waals surface area contributed by atoms with Crippen LogP contribution in [0.1, 0.15) is 11.1 Å². The molecule has 0 aromatic heterocycles. The third-order valence-corrected chi connectivity index (χ3v) is 2.55. The van der Waals surface area contributed by atoms with Crippen molar-refractivity contribution in [2.75, 3.05) is 0 Å². The molecular formula is C14H13NO2. The Hall–Kier alpha value is -2.29. The zero-order chi connectivity index (χ0) is 12.1. The first kappa shape index (κ1) is 11.2. The molecule has 2 rings (SSSR count). The largest absolute Gasteiger partial charge is 0.507 e. The zero-order valence-corrected chi connectivity index (χ0v) is 9.24. The molecule has 2 N–H and O–H groups in total. The fraction of sp³-hybridized carbons (Fsp3) is 0.0714. The van der Waals surface area contributed by atoms with Crippen molar-refractivity contribution in [3.63, 3.8) is 0 Å². The van der Waals surface area contributed by atoms with E-state index in [2.05, 4.69) is 5.16 Å². The summed E-state index contributed by atoms with van der Waals surface area (Å²) < 4.78 is 0. The Labute approximate surface area is 99.7 Å². The highest BCUT2D eigenvalue weighted by Crippen LogP contribution is 2.18. The van der Waals surface area contributed by atoms with E-state index < -0.39 is 0 Å². The molecule has 2 aromatic carbocycles. The van der Waals surface area contributed by atoms with Gasteiger partial charge < -0.3 is 10.3 Å². The van der Waals surface area contributed by atoms with Gasteiger partial charge in [0.2, 0.25) is 0 Å². The van der Waals surface area contributed by atoms with Gasteiger partial charge in [-0.05, 0) is 17.7 Å². The number of para-hydroxylation sites is 1. The number of phenolic OH excluding ortho intramolecular Hbond substituents is 1. The molecule has 3 nitrogen and oxygen atoms in total. The Morgan fingerprint density at radius 3 is 2.24 bits per heavy atom. The van der Waals surface area contributed by atoms with Gasteiger partial charge in [-0.1, -0.05) is 47.6 Å². The second-order valence-corrected chi connectivity index (χ2v) is 3.73. The van der Waals surface area contributed by atoms with Crippen molar-refractivity contribution in [2.24, 2.45) is 5.16 Å². The maximum absolute atomic E-state index is 9.70. The third-order valence-electron chi connectivity index (χ3n) is 2.55. The molecule has 0 unspecified atom stereocenters. The van der Waals surface area contributed by atoms with E-state index in [0.29, 0.717) is 17.7 Å². The smallest absolute Gasteiger partial charge is 0.124 e. The van der Waals surface area contributed by atoms with Crippen LogP contribution in [0, 0.1) is 0 Å². The van der Waals surface area contributed by atoms with E-state index in [9.17, 15) is 5.11 Å². The standard InChI is InChI=1S/C14H13NO2/c16-14-9-5-4-8-12(14)13(15-17)10-11-6-2-1-3-7-11/h1-9,16-17H,10H2/b15-13-. The van der Waals surface area contributed by atoms with Crippen LogP contribution in [0.2, 0.25) is 0 Å². The molecule has 0 heterocycles. The highest BCUT2D eigenvalue weighted by molar-refractivity contribution is 6.03. The lowest BCUT2D eigenvalue weighted by Crippen LogP contribution is -2.05. The fourth-order valence-corrected chi connectivity index (χ4v) is 1.69. The molecule has 17 heavy (non-hydrogen) atoms. The number of phenols is 1. The number of hydrogen-bond donors (Lipinski definition) is 2. The summed E-state index contributed by atoms with van der Waals surface area (Å²) in [5, 5.41) is 22.0. The lowest BCUT2D eigenvalue weighted by molar-refractivity contribution is 0.318. The average molecular weight is 227 g/mol. The molecule has 0 aliphatic rings. The summed E-state index contributed by atoms with van der Waals surface area (Å²) in [4.78, 5) is 0. The van der Waals surface area contributed by atoms with Gasteiger partial charge in [0.05, 0.1) is 5.71 Å². The maximum atomic E-state index is 9.70. The van der Waals surface area contributed by atoms with Crippen LogP contribution in [-0.4, -0.2) is 16.0 Å². The minimum absolute atomic E-state index is 0.122. The van der Waals surface area contributed by atoms with Crippen molar-refractivity contribution in [2.45, 2.75) is 6.42 Å². The van der Waals surface area contributed by atoms with Crippen LogP contribution in [0.4, 0.5) is 0 Å². The van der Waals surface area contributed by atoms with Gasteiger partial charge >= 0.3 is 0 Å². The molecular weight excluding hydrogens is 214 g/mol. The van der Waals surface area contributed by atoms with Gasteiger partial charge in [0.25, 0.3) is 0 Å². The van der Waals surface area contributed by atoms with Crippen molar-refractivity contribution in [3.8, 4) is 5.75 Å². The van der Waals surface area contributed by atoms with Gasteiger partial charge in [0, 0.05) is 12.0 Å². The van der Waals surface area contributed by atoms with E-state index in [4.69, 9.17) is 5.21 Å². The molecule has 0 amide bonds. The first-order valence-corrected chi connectivity index (χ1v) is 5.34. The number of hydrogen-bond acceptors (Lipinski definition) is 3. The lowest BCUT2D eigenvalue weighted by Gasteiger charge is -2.06. The molecule has 0 aliphatic carbocycles. The number of aromatic hydroxyl groups is 1. The van der Waals surface area contributed by atoms with E-state index in [-0.39, 0.29) is 5.75 Å². The van der Waals surface area contributed by atoms with Gasteiger partial charge in [-0.3, -0.25) is 0 Å². The van der Waals surface area contributed by atoms with E-state index in [1.54, 1.807) is 24.3 Å². The third kappa shape index (κ3) is 2.64. The lowest BCUT2D eigenvalue weighted by atomic mass is 10.0. The number of benzene rings is 2. The monoisotopic (exact) mass is 227 g/mol. The van der Waals surface area contributed by atoms with Crippen LogP contribution < -0.4 is 0 Å². The fourth-order valence-electron chi connectivity index (χ4n) is 1.69. The number of oxime groups is 1. The van der Waals surface area contributed by atoms with E-state index in [1.807, 2.05) is 30.3 Å². The topological polar surface area (TPSA) is 52.8 Å². The SMILES string of the molecule is O/N=C(/Cc1ccccc1)c1ccccc1O. The summed E-state index contributed by atoms with van der Waals surface area (Å²) in [6, 6.07) is 16.5. The first-order chi connectivity index (χ1) is 8.31. The molecule has 3 heteroatoms. The molecule has 0 radical (unpaired) electrons. The Morgan fingerprint density at radius 1 is 0.941 bits per heavy atom. The van der Waals surface area contributed by atoms with Gasteiger partial charge in [0.1, 0.15) is 5.75 Å². The molecule has 0 saturated carbocycles. The van der Waals surface area contributed by atoms with Gasteiger partial charge in [-0.25, -0.2) is 0 Å². The second kappa shape index (κ2) is 5.16. The molecule has 0 spiro atoms. The average Bonchev–Trinajstić information content (AvgIpc) is 2.38. The summed E-state index contributed by atoms with van der Waals surface area (Å²) in [6.45, 7) is 0.